The van der Waals surface area contributed by atoms with Crippen molar-refractivity contribution in [1.82, 2.24) is 0 Å². The molecule has 0 unspecified atom stereocenters. The maximum absolute atomic E-state index is 10.1. The molecule has 18 heavy (non-hydrogen) atoms. The lowest BCUT2D eigenvalue weighted by Crippen LogP contribution is -1.87. The SMILES string of the molecule is CCc1ccc(-c2cc(CC)ccc2O)c(O)c1. The number of phenolic OH excluding ortho intramolecular Hbond substituents is 2. The van der Waals surface area contributed by atoms with Gasteiger partial charge in [0.1, 0.15) is 11.5 Å². The van der Waals surface area contributed by atoms with Gasteiger partial charge >= 0.3 is 0 Å². The minimum atomic E-state index is 0.201. The molecular weight excluding hydrogens is 224 g/mol. The number of hydrogen-bond donors (Lipinski definition) is 2. The molecule has 2 aromatic rings. The van der Waals surface area contributed by atoms with Crippen LogP contribution in [0.4, 0.5) is 0 Å². The summed E-state index contributed by atoms with van der Waals surface area (Å²) in [4.78, 5) is 0. The summed E-state index contributed by atoms with van der Waals surface area (Å²) in [5, 5.41) is 20.0. The number of phenols is 2. The first-order chi connectivity index (χ1) is 8.65. The van der Waals surface area contributed by atoms with Gasteiger partial charge in [0, 0.05) is 11.1 Å². The zero-order valence-corrected chi connectivity index (χ0v) is 10.8. The third-order valence-electron chi connectivity index (χ3n) is 3.23. The maximum Gasteiger partial charge on any atom is 0.123 e. The van der Waals surface area contributed by atoms with Gasteiger partial charge in [-0.3, -0.25) is 0 Å². The number of aryl methyl sites for hydroxylation is 2. The Balaban J connectivity index is 2.54. The summed E-state index contributed by atoms with van der Waals surface area (Å²) in [5.74, 6) is 0.421. The van der Waals surface area contributed by atoms with E-state index in [2.05, 4.69) is 6.92 Å². The second kappa shape index (κ2) is 5.13. The van der Waals surface area contributed by atoms with Gasteiger partial charge < -0.3 is 10.2 Å². The minimum Gasteiger partial charge on any atom is -0.507 e. The first kappa shape index (κ1) is 12.5. The fourth-order valence-electron chi connectivity index (χ4n) is 2.04. The summed E-state index contributed by atoms with van der Waals surface area (Å²) in [6.45, 7) is 4.11. The fraction of sp³-hybridized carbons (Fsp3) is 0.250. The third kappa shape index (κ3) is 2.33. The van der Waals surface area contributed by atoms with Gasteiger partial charge in [0.2, 0.25) is 0 Å². The highest BCUT2D eigenvalue weighted by atomic mass is 16.3. The lowest BCUT2D eigenvalue weighted by atomic mass is 9.98. The van der Waals surface area contributed by atoms with E-state index in [1.54, 1.807) is 12.1 Å². The summed E-state index contributed by atoms with van der Waals surface area (Å²) in [5.41, 5.74) is 3.60. The van der Waals surface area contributed by atoms with Crippen LogP contribution in [0.2, 0.25) is 0 Å². The van der Waals surface area contributed by atoms with E-state index in [9.17, 15) is 10.2 Å². The van der Waals surface area contributed by atoms with Crippen LogP contribution in [0.5, 0.6) is 11.5 Å². The number of aromatic hydroxyl groups is 2. The molecule has 0 atom stereocenters. The lowest BCUT2D eigenvalue weighted by molar-refractivity contribution is 0.468. The smallest absolute Gasteiger partial charge is 0.123 e. The molecule has 94 valence electrons. The van der Waals surface area contributed by atoms with Crippen molar-refractivity contribution in [3.8, 4) is 22.6 Å². The Bertz CT molecular complexity index is 559. The van der Waals surface area contributed by atoms with E-state index in [0.717, 1.165) is 24.0 Å². The second-order valence-electron chi connectivity index (χ2n) is 4.41. The van der Waals surface area contributed by atoms with Crippen LogP contribution in [-0.2, 0) is 12.8 Å². The van der Waals surface area contributed by atoms with Crippen molar-refractivity contribution in [2.24, 2.45) is 0 Å². The lowest BCUT2D eigenvalue weighted by Gasteiger charge is -2.10. The second-order valence-corrected chi connectivity index (χ2v) is 4.41. The van der Waals surface area contributed by atoms with Crippen LogP contribution in [-0.4, -0.2) is 10.2 Å². The van der Waals surface area contributed by atoms with Gasteiger partial charge in [-0.15, -0.1) is 0 Å². The molecule has 0 heterocycles. The van der Waals surface area contributed by atoms with Gasteiger partial charge in [-0.1, -0.05) is 32.0 Å². The molecule has 2 nitrogen and oxygen atoms in total. The monoisotopic (exact) mass is 242 g/mol. The van der Waals surface area contributed by atoms with Crippen LogP contribution >= 0.6 is 0 Å². The molecule has 0 amide bonds. The zero-order valence-electron chi connectivity index (χ0n) is 10.8. The molecule has 0 saturated heterocycles. The molecule has 2 heteroatoms. The summed E-state index contributed by atoms with van der Waals surface area (Å²) in [7, 11) is 0. The molecule has 0 fully saturated rings. The number of benzene rings is 2. The normalized spacial score (nSPS) is 10.6. The van der Waals surface area contributed by atoms with E-state index in [1.807, 2.05) is 31.2 Å². The summed E-state index contributed by atoms with van der Waals surface area (Å²) in [6.07, 6.45) is 1.79. The topological polar surface area (TPSA) is 40.5 Å². The van der Waals surface area contributed by atoms with E-state index in [4.69, 9.17) is 0 Å². The third-order valence-corrected chi connectivity index (χ3v) is 3.23. The Morgan fingerprint density at radius 1 is 0.722 bits per heavy atom. The van der Waals surface area contributed by atoms with Gasteiger partial charge in [-0.25, -0.2) is 0 Å². The molecule has 0 spiro atoms. The van der Waals surface area contributed by atoms with Crippen LogP contribution in [0.1, 0.15) is 25.0 Å². The van der Waals surface area contributed by atoms with Crippen molar-refractivity contribution < 1.29 is 10.2 Å². The average Bonchev–Trinajstić information content (AvgIpc) is 2.39. The highest BCUT2D eigenvalue weighted by molar-refractivity contribution is 5.76. The van der Waals surface area contributed by atoms with Gasteiger partial charge in [0.15, 0.2) is 0 Å². The van der Waals surface area contributed by atoms with Crippen molar-refractivity contribution in [3.63, 3.8) is 0 Å². The van der Waals surface area contributed by atoms with E-state index in [1.165, 1.54) is 0 Å². The zero-order chi connectivity index (χ0) is 13.1. The summed E-state index contributed by atoms with van der Waals surface area (Å²) in [6, 6.07) is 11.1. The maximum atomic E-state index is 10.1. The molecule has 2 aromatic carbocycles. The van der Waals surface area contributed by atoms with Gasteiger partial charge in [-0.05, 0) is 42.2 Å². The van der Waals surface area contributed by atoms with Crippen molar-refractivity contribution >= 4 is 0 Å². The summed E-state index contributed by atoms with van der Waals surface area (Å²) < 4.78 is 0. The Morgan fingerprint density at radius 3 is 1.94 bits per heavy atom. The molecule has 2 rings (SSSR count). The Hall–Kier alpha value is -1.96. The molecule has 0 aromatic heterocycles. The largest absolute Gasteiger partial charge is 0.507 e. The van der Waals surface area contributed by atoms with E-state index >= 15 is 0 Å². The van der Waals surface area contributed by atoms with E-state index < -0.39 is 0 Å². The molecular formula is C16H18O2. The van der Waals surface area contributed by atoms with Crippen molar-refractivity contribution in [2.75, 3.05) is 0 Å². The van der Waals surface area contributed by atoms with Gasteiger partial charge in [0.05, 0.1) is 0 Å². The molecule has 0 aliphatic heterocycles. The fourth-order valence-corrected chi connectivity index (χ4v) is 2.04. The van der Waals surface area contributed by atoms with Crippen LogP contribution in [0.3, 0.4) is 0 Å². The minimum absolute atomic E-state index is 0.201. The Kier molecular flexibility index (Phi) is 3.56. The van der Waals surface area contributed by atoms with Gasteiger partial charge in [-0.2, -0.15) is 0 Å². The predicted octanol–water partition coefficient (Wildman–Crippen LogP) is 3.89. The van der Waals surface area contributed by atoms with Crippen molar-refractivity contribution in [2.45, 2.75) is 26.7 Å². The van der Waals surface area contributed by atoms with Gasteiger partial charge in [0.25, 0.3) is 0 Å². The van der Waals surface area contributed by atoms with Crippen LogP contribution in [0.15, 0.2) is 36.4 Å². The van der Waals surface area contributed by atoms with E-state index in [0.29, 0.717) is 11.1 Å². The number of hydrogen-bond acceptors (Lipinski definition) is 2. The summed E-state index contributed by atoms with van der Waals surface area (Å²) >= 11 is 0. The van der Waals surface area contributed by atoms with Crippen LogP contribution in [0, 0.1) is 0 Å². The molecule has 2 N–H and O–H groups in total. The molecule has 0 bridgehead atoms. The molecule has 0 aliphatic carbocycles. The predicted molar refractivity (Wildman–Crippen MR) is 74.0 cm³/mol. The Morgan fingerprint density at radius 2 is 1.33 bits per heavy atom. The molecule has 0 aliphatic rings. The first-order valence-electron chi connectivity index (χ1n) is 6.29. The average molecular weight is 242 g/mol. The van der Waals surface area contributed by atoms with Crippen LogP contribution < -0.4 is 0 Å². The highest BCUT2D eigenvalue weighted by Crippen LogP contribution is 2.36. The highest BCUT2D eigenvalue weighted by Gasteiger charge is 2.10. The number of rotatable bonds is 3. The quantitative estimate of drug-likeness (QED) is 0.857. The molecule has 0 saturated carbocycles. The van der Waals surface area contributed by atoms with Crippen molar-refractivity contribution in [3.05, 3.63) is 47.5 Å². The van der Waals surface area contributed by atoms with Crippen molar-refractivity contribution in [1.29, 1.82) is 0 Å². The Labute approximate surface area is 108 Å². The van der Waals surface area contributed by atoms with E-state index in [-0.39, 0.29) is 11.5 Å². The standard InChI is InChI=1S/C16H18O2/c1-3-11-6-8-15(17)14(9-11)13-7-5-12(4-2)10-16(13)18/h5-10,17-18H,3-4H2,1-2H3. The molecule has 0 radical (unpaired) electrons. The van der Waals surface area contributed by atoms with Crippen LogP contribution in [0.25, 0.3) is 11.1 Å². The first-order valence-corrected chi connectivity index (χ1v) is 6.29.